The monoisotopic (exact) mass is 354 g/mol. The molecule has 134 valence electrons. The number of halogens is 2. The lowest BCUT2D eigenvalue weighted by Crippen LogP contribution is -2.55. The summed E-state index contributed by atoms with van der Waals surface area (Å²) in [5.41, 5.74) is 6.20. The van der Waals surface area contributed by atoms with Gasteiger partial charge in [0.15, 0.2) is 0 Å². The number of benzene rings is 1. The van der Waals surface area contributed by atoms with Gasteiger partial charge in [-0.15, -0.1) is 12.4 Å². The van der Waals surface area contributed by atoms with Crippen molar-refractivity contribution in [3.63, 3.8) is 0 Å². The Kier molecular flexibility index (Phi) is 6.64. The molecule has 0 bridgehead atoms. The van der Waals surface area contributed by atoms with E-state index in [1.807, 2.05) is 6.07 Å². The second kappa shape index (κ2) is 8.30. The van der Waals surface area contributed by atoms with E-state index in [4.69, 9.17) is 5.73 Å². The van der Waals surface area contributed by atoms with E-state index in [0.717, 1.165) is 37.7 Å². The van der Waals surface area contributed by atoms with Crippen LogP contribution in [0.4, 0.5) is 4.39 Å². The summed E-state index contributed by atoms with van der Waals surface area (Å²) in [6, 6.07) is 6.56. The Bertz CT molecular complexity index is 556. The van der Waals surface area contributed by atoms with Crippen LogP contribution >= 0.6 is 12.4 Å². The molecule has 1 amide bonds. The molecule has 0 heterocycles. The van der Waals surface area contributed by atoms with Crippen molar-refractivity contribution >= 4 is 18.3 Å². The zero-order valence-corrected chi connectivity index (χ0v) is 14.9. The molecule has 2 fully saturated rings. The first-order valence-corrected chi connectivity index (χ1v) is 8.93. The lowest BCUT2D eigenvalue weighted by molar-refractivity contribution is -0.131. The Hall–Kier alpha value is -1.13. The second-order valence-corrected chi connectivity index (χ2v) is 7.16. The molecule has 1 atom stereocenters. The Morgan fingerprint density at radius 2 is 1.96 bits per heavy atom. The smallest absolute Gasteiger partial charge is 0.230 e. The van der Waals surface area contributed by atoms with Crippen LogP contribution in [-0.4, -0.2) is 18.5 Å². The minimum Gasteiger partial charge on any atom is -0.351 e. The lowest BCUT2D eigenvalue weighted by atomic mass is 9.63. The van der Waals surface area contributed by atoms with Gasteiger partial charge in [0, 0.05) is 12.6 Å². The predicted octanol–water partition coefficient (Wildman–Crippen LogP) is 3.69. The summed E-state index contributed by atoms with van der Waals surface area (Å²) in [4.78, 5) is 13.0. The minimum atomic E-state index is -0.551. The molecule has 2 saturated carbocycles. The molecule has 24 heavy (non-hydrogen) atoms. The average molecular weight is 355 g/mol. The lowest BCUT2D eigenvalue weighted by Gasteiger charge is -2.42. The first-order valence-electron chi connectivity index (χ1n) is 8.93. The van der Waals surface area contributed by atoms with Crippen molar-refractivity contribution in [2.45, 2.75) is 62.8 Å². The molecule has 1 unspecified atom stereocenters. The van der Waals surface area contributed by atoms with E-state index in [-0.39, 0.29) is 30.2 Å². The van der Waals surface area contributed by atoms with Crippen LogP contribution < -0.4 is 11.1 Å². The van der Waals surface area contributed by atoms with Crippen LogP contribution in [0.15, 0.2) is 24.3 Å². The van der Waals surface area contributed by atoms with Crippen LogP contribution in [0.25, 0.3) is 0 Å². The zero-order chi connectivity index (χ0) is 16.3. The summed E-state index contributed by atoms with van der Waals surface area (Å²) in [7, 11) is 0. The Labute approximate surface area is 150 Å². The van der Waals surface area contributed by atoms with Gasteiger partial charge in [-0.05, 0) is 49.3 Å². The maximum atomic E-state index is 13.6. The third-order valence-electron chi connectivity index (χ3n) is 5.81. The van der Waals surface area contributed by atoms with E-state index in [9.17, 15) is 9.18 Å². The van der Waals surface area contributed by atoms with Crippen LogP contribution in [0, 0.1) is 11.7 Å². The third kappa shape index (κ3) is 3.75. The summed E-state index contributed by atoms with van der Waals surface area (Å²) in [5, 5.41) is 3.21. The van der Waals surface area contributed by atoms with Crippen LogP contribution in [0.5, 0.6) is 0 Å². The van der Waals surface area contributed by atoms with Gasteiger partial charge in [0.2, 0.25) is 5.91 Å². The standard InChI is InChI=1S/C19H27FN2O.ClH/c20-16-9-4-8-15(12-16)19(10-5-11-19)18(23)22-17(13-21)14-6-2-1-3-7-14;/h4,8-9,12,14,17H,1-3,5-7,10-11,13,21H2,(H,22,23);1H. The van der Waals surface area contributed by atoms with Crippen molar-refractivity contribution in [2.75, 3.05) is 6.54 Å². The molecule has 2 aliphatic carbocycles. The largest absolute Gasteiger partial charge is 0.351 e. The van der Waals surface area contributed by atoms with E-state index in [2.05, 4.69) is 5.32 Å². The van der Waals surface area contributed by atoms with Gasteiger partial charge in [-0.1, -0.05) is 37.8 Å². The Morgan fingerprint density at radius 1 is 1.25 bits per heavy atom. The molecule has 1 aromatic rings. The minimum absolute atomic E-state index is 0. The highest BCUT2D eigenvalue weighted by molar-refractivity contribution is 5.89. The number of hydrogen-bond acceptors (Lipinski definition) is 2. The number of nitrogens with one attached hydrogen (secondary N) is 1. The van der Waals surface area contributed by atoms with Crippen molar-refractivity contribution in [1.82, 2.24) is 5.32 Å². The molecule has 3 nitrogen and oxygen atoms in total. The third-order valence-corrected chi connectivity index (χ3v) is 5.81. The van der Waals surface area contributed by atoms with Gasteiger partial charge in [0.1, 0.15) is 5.82 Å². The van der Waals surface area contributed by atoms with Crippen molar-refractivity contribution in [3.05, 3.63) is 35.6 Å². The molecule has 0 saturated heterocycles. The number of hydrogen-bond donors (Lipinski definition) is 2. The summed E-state index contributed by atoms with van der Waals surface area (Å²) in [5.74, 6) is 0.252. The van der Waals surface area contributed by atoms with Crippen molar-refractivity contribution in [2.24, 2.45) is 11.7 Å². The molecule has 0 aromatic heterocycles. The Morgan fingerprint density at radius 3 is 2.50 bits per heavy atom. The zero-order valence-electron chi connectivity index (χ0n) is 14.1. The maximum absolute atomic E-state index is 13.6. The summed E-state index contributed by atoms with van der Waals surface area (Å²) >= 11 is 0. The first-order chi connectivity index (χ1) is 11.2. The van der Waals surface area contributed by atoms with Gasteiger partial charge in [-0.25, -0.2) is 4.39 Å². The number of nitrogens with two attached hydrogens (primary N) is 1. The molecule has 0 radical (unpaired) electrons. The van der Waals surface area contributed by atoms with Crippen LogP contribution in [0.1, 0.15) is 56.9 Å². The van der Waals surface area contributed by atoms with Crippen LogP contribution in [0.3, 0.4) is 0 Å². The molecular formula is C19H28ClFN2O. The summed E-state index contributed by atoms with van der Waals surface area (Å²) < 4.78 is 13.6. The Balaban J connectivity index is 0.00000208. The summed E-state index contributed by atoms with van der Waals surface area (Å²) in [6.45, 7) is 0.482. The maximum Gasteiger partial charge on any atom is 0.230 e. The van der Waals surface area contributed by atoms with Gasteiger partial charge in [-0.3, -0.25) is 4.79 Å². The fourth-order valence-electron chi connectivity index (χ4n) is 4.18. The summed E-state index contributed by atoms with van der Waals surface area (Å²) in [6.07, 6.45) is 8.65. The highest BCUT2D eigenvalue weighted by Crippen LogP contribution is 2.44. The van der Waals surface area contributed by atoms with E-state index < -0.39 is 5.41 Å². The van der Waals surface area contributed by atoms with Gasteiger partial charge in [0.25, 0.3) is 0 Å². The van der Waals surface area contributed by atoms with Crippen molar-refractivity contribution in [1.29, 1.82) is 0 Å². The molecule has 0 aliphatic heterocycles. The van der Waals surface area contributed by atoms with E-state index in [1.165, 1.54) is 31.4 Å². The normalized spacial score (nSPS) is 21.2. The van der Waals surface area contributed by atoms with E-state index in [0.29, 0.717) is 12.5 Å². The quantitative estimate of drug-likeness (QED) is 0.847. The fraction of sp³-hybridized carbons (Fsp3) is 0.632. The number of carbonyl (C=O) groups excluding carboxylic acids is 1. The van der Waals surface area contributed by atoms with Gasteiger partial charge in [-0.2, -0.15) is 0 Å². The molecule has 0 spiro atoms. The first kappa shape index (κ1) is 19.2. The van der Waals surface area contributed by atoms with Gasteiger partial charge in [0.05, 0.1) is 5.41 Å². The topological polar surface area (TPSA) is 55.1 Å². The highest BCUT2D eigenvalue weighted by Gasteiger charge is 2.46. The SMILES string of the molecule is Cl.NCC(NC(=O)C1(c2cccc(F)c2)CCC1)C1CCCCC1. The average Bonchev–Trinajstić information content (AvgIpc) is 2.52. The van der Waals surface area contributed by atoms with E-state index in [1.54, 1.807) is 6.07 Å². The van der Waals surface area contributed by atoms with Gasteiger partial charge >= 0.3 is 0 Å². The molecule has 3 N–H and O–H groups in total. The van der Waals surface area contributed by atoms with Crippen molar-refractivity contribution in [3.8, 4) is 0 Å². The van der Waals surface area contributed by atoms with E-state index >= 15 is 0 Å². The number of rotatable bonds is 5. The molecule has 2 aliphatic rings. The number of carbonyl (C=O) groups is 1. The van der Waals surface area contributed by atoms with Crippen molar-refractivity contribution < 1.29 is 9.18 Å². The molecular weight excluding hydrogens is 327 g/mol. The van der Waals surface area contributed by atoms with Crippen LogP contribution in [-0.2, 0) is 10.2 Å². The van der Waals surface area contributed by atoms with Gasteiger partial charge < -0.3 is 11.1 Å². The molecule has 3 rings (SSSR count). The number of amides is 1. The second-order valence-electron chi connectivity index (χ2n) is 7.16. The van der Waals surface area contributed by atoms with Crippen LogP contribution in [0.2, 0.25) is 0 Å². The fourth-order valence-corrected chi connectivity index (χ4v) is 4.18. The predicted molar refractivity (Wildman–Crippen MR) is 96.7 cm³/mol. The molecule has 5 heteroatoms. The highest BCUT2D eigenvalue weighted by atomic mass is 35.5. The molecule has 1 aromatic carbocycles.